The third-order valence-electron chi connectivity index (χ3n) is 4.31. The number of benzene rings is 1. The standard InChI is InChI=1S/C20H19N3O3S/c1-13-16-18(22-14(2)23(19(16)24)11-7-6-10-21)27-17(13)20(25)26-12-15-8-4-3-5-9-15/h3-5,8-9H,6-7,11-12H2,1-2H3. The van der Waals surface area contributed by atoms with Crippen molar-refractivity contribution in [3.05, 3.63) is 62.5 Å². The molecule has 0 N–H and O–H groups in total. The number of aromatic nitrogens is 2. The molecule has 0 atom stereocenters. The Kier molecular flexibility index (Phi) is 5.67. The predicted molar refractivity (Wildman–Crippen MR) is 104 cm³/mol. The molecule has 3 aromatic rings. The molecule has 0 saturated carbocycles. The van der Waals surface area contributed by atoms with Crippen LogP contribution in [0.5, 0.6) is 0 Å². The smallest absolute Gasteiger partial charge is 0.349 e. The minimum absolute atomic E-state index is 0.175. The predicted octanol–water partition coefficient (Wildman–Crippen LogP) is 3.74. The topological polar surface area (TPSA) is 85.0 Å². The quantitative estimate of drug-likeness (QED) is 0.480. The molecule has 3 rings (SSSR count). The summed E-state index contributed by atoms with van der Waals surface area (Å²) in [5.74, 6) is 0.128. The maximum Gasteiger partial charge on any atom is 0.349 e. The molecular formula is C20H19N3O3S. The van der Waals surface area contributed by atoms with Gasteiger partial charge in [-0.2, -0.15) is 5.26 Å². The van der Waals surface area contributed by atoms with Gasteiger partial charge in [0, 0.05) is 13.0 Å². The number of aryl methyl sites for hydroxylation is 2. The second kappa shape index (κ2) is 8.14. The number of esters is 1. The molecule has 0 unspecified atom stereocenters. The summed E-state index contributed by atoms with van der Waals surface area (Å²) in [5.41, 5.74) is 1.32. The van der Waals surface area contributed by atoms with Gasteiger partial charge in [0.1, 0.15) is 22.1 Å². The van der Waals surface area contributed by atoms with Gasteiger partial charge < -0.3 is 4.74 Å². The van der Waals surface area contributed by atoms with Crippen molar-refractivity contribution in [1.82, 2.24) is 9.55 Å². The summed E-state index contributed by atoms with van der Waals surface area (Å²) in [5, 5.41) is 9.15. The highest BCUT2D eigenvalue weighted by molar-refractivity contribution is 7.20. The van der Waals surface area contributed by atoms with Crippen molar-refractivity contribution in [2.24, 2.45) is 0 Å². The van der Waals surface area contributed by atoms with E-state index < -0.39 is 5.97 Å². The van der Waals surface area contributed by atoms with Gasteiger partial charge in [0.2, 0.25) is 0 Å². The summed E-state index contributed by atoms with van der Waals surface area (Å²) >= 11 is 1.18. The molecule has 0 aliphatic carbocycles. The van der Waals surface area contributed by atoms with Gasteiger partial charge in [-0.15, -0.1) is 11.3 Å². The number of fused-ring (bicyclic) bond motifs is 1. The van der Waals surface area contributed by atoms with Crippen LogP contribution in [0.3, 0.4) is 0 Å². The Labute approximate surface area is 160 Å². The van der Waals surface area contributed by atoms with Crippen molar-refractivity contribution in [2.45, 2.75) is 39.8 Å². The first-order chi connectivity index (χ1) is 13.0. The molecule has 138 valence electrons. The minimum atomic E-state index is -0.451. The van der Waals surface area contributed by atoms with E-state index in [2.05, 4.69) is 11.1 Å². The van der Waals surface area contributed by atoms with Crippen molar-refractivity contribution < 1.29 is 9.53 Å². The number of carbonyl (C=O) groups is 1. The molecule has 0 bridgehead atoms. The van der Waals surface area contributed by atoms with Crippen LogP contribution in [0.1, 0.15) is 39.5 Å². The number of hydrogen-bond donors (Lipinski definition) is 0. The molecule has 0 saturated heterocycles. The molecule has 27 heavy (non-hydrogen) atoms. The van der Waals surface area contributed by atoms with Crippen LogP contribution in [0, 0.1) is 25.2 Å². The summed E-state index contributed by atoms with van der Waals surface area (Å²) in [4.78, 5) is 30.8. The highest BCUT2D eigenvalue weighted by Crippen LogP contribution is 2.28. The van der Waals surface area contributed by atoms with Gasteiger partial charge in [-0.25, -0.2) is 9.78 Å². The number of thiophene rings is 1. The molecule has 0 aliphatic rings. The highest BCUT2D eigenvalue weighted by atomic mass is 32.1. The number of nitrogens with zero attached hydrogens (tertiary/aromatic N) is 3. The van der Waals surface area contributed by atoms with Crippen molar-refractivity contribution >= 4 is 27.5 Å². The number of nitriles is 1. The van der Waals surface area contributed by atoms with E-state index in [4.69, 9.17) is 10.00 Å². The van der Waals surface area contributed by atoms with Gasteiger partial charge in [-0.1, -0.05) is 30.3 Å². The van der Waals surface area contributed by atoms with Gasteiger partial charge in [-0.3, -0.25) is 9.36 Å². The van der Waals surface area contributed by atoms with E-state index in [1.807, 2.05) is 30.3 Å². The van der Waals surface area contributed by atoms with Gasteiger partial charge in [-0.05, 0) is 31.4 Å². The van der Waals surface area contributed by atoms with E-state index in [1.165, 1.54) is 11.3 Å². The Bertz CT molecular complexity index is 1080. The van der Waals surface area contributed by atoms with Crippen LogP contribution in [0.25, 0.3) is 10.2 Å². The van der Waals surface area contributed by atoms with E-state index >= 15 is 0 Å². The Morgan fingerprint density at radius 2 is 2.04 bits per heavy atom. The third kappa shape index (κ3) is 3.91. The first-order valence-corrected chi connectivity index (χ1v) is 9.43. The average Bonchev–Trinajstić information content (AvgIpc) is 2.99. The second-order valence-electron chi connectivity index (χ2n) is 6.18. The Morgan fingerprint density at radius 3 is 2.74 bits per heavy atom. The van der Waals surface area contributed by atoms with Gasteiger partial charge >= 0.3 is 5.97 Å². The zero-order chi connectivity index (χ0) is 19.4. The molecule has 2 aromatic heterocycles. The maximum atomic E-state index is 12.9. The minimum Gasteiger partial charge on any atom is -0.457 e. The van der Waals surface area contributed by atoms with Crippen LogP contribution in [0.2, 0.25) is 0 Å². The second-order valence-corrected chi connectivity index (χ2v) is 7.17. The fourth-order valence-electron chi connectivity index (χ4n) is 2.88. The molecule has 2 heterocycles. The monoisotopic (exact) mass is 381 g/mol. The molecule has 7 heteroatoms. The largest absolute Gasteiger partial charge is 0.457 e. The molecule has 6 nitrogen and oxygen atoms in total. The van der Waals surface area contributed by atoms with Crippen LogP contribution in [-0.2, 0) is 17.9 Å². The van der Waals surface area contributed by atoms with Crippen LogP contribution in [0.15, 0.2) is 35.1 Å². The van der Waals surface area contributed by atoms with E-state index in [0.717, 1.165) is 5.56 Å². The zero-order valence-electron chi connectivity index (χ0n) is 15.2. The summed E-state index contributed by atoms with van der Waals surface area (Å²) in [7, 11) is 0. The third-order valence-corrected chi connectivity index (χ3v) is 5.48. The number of unbranched alkanes of at least 4 members (excludes halogenated alkanes) is 1. The van der Waals surface area contributed by atoms with Gasteiger partial charge in [0.15, 0.2) is 0 Å². The van der Waals surface area contributed by atoms with Crippen LogP contribution in [-0.4, -0.2) is 15.5 Å². The lowest BCUT2D eigenvalue weighted by atomic mass is 10.2. The maximum absolute atomic E-state index is 12.9. The summed E-state index contributed by atoms with van der Waals surface area (Å²) < 4.78 is 6.97. The van der Waals surface area contributed by atoms with Crippen LogP contribution >= 0.6 is 11.3 Å². The fourth-order valence-corrected chi connectivity index (χ4v) is 3.99. The molecule has 0 spiro atoms. The number of hydrogen-bond acceptors (Lipinski definition) is 6. The molecule has 0 aliphatic heterocycles. The summed E-state index contributed by atoms with van der Waals surface area (Å²) in [6.45, 7) is 4.12. The van der Waals surface area contributed by atoms with Crippen molar-refractivity contribution in [3.8, 4) is 6.07 Å². The lowest BCUT2D eigenvalue weighted by molar-refractivity contribution is 0.0478. The zero-order valence-corrected chi connectivity index (χ0v) is 16.0. The van der Waals surface area contributed by atoms with Crippen molar-refractivity contribution in [3.63, 3.8) is 0 Å². The molecule has 0 radical (unpaired) electrons. The SMILES string of the molecule is Cc1c(C(=O)OCc2ccccc2)sc2nc(C)n(CCCC#N)c(=O)c12. The number of ether oxygens (including phenoxy) is 1. The number of carbonyl (C=O) groups excluding carboxylic acids is 1. The summed E-state index contributed by atoms with van der Waals surface area (Å²) in [6, 6.07) is 11.5. The van der Waals surface area contributed by atoms with E-state index in [-0.39, 0.29) is 12.2 Å². The average molecular weight is 381 g/mol. The Balaban J connectivity index is 1.90. The Hall–Kier alpha value is -2.98. The fraction of sp³-hybridized carbons (Fsp3) is 0.300. The van der Waals surface area contributed by atoms with Crippen molar-refractivity contribution in [1.29, 1.82) is 5.26 Å². The number of rotatable bonds is 6. The normalized spacial score (nSPS) is 10.7. The van der Waals surface area contributed by atoms with E-state index in [0.29, 0.717) is 45.9 Å². The van der Waals surface area contributed by atoms with E-state index in [1.54, 1.807) is 18.4 Å². The first-order valence-electron chi connectivity index (χ1n) is 8.61. The lowest BCUT2D eigenvalue weighted by Crippen LogP contribution is -2.24. The Morgan fingerprint density at radius 1 is 1.30 bits per heavy atom. The van der Waals surface area contributed by atoms with Crippen LogP contribution < -0.4 is 5.56 Å². The summed E-state index contributed by atoms with van der Waals surface area (Å²) in [6.07, 6.45) is 0.961. The molecular weight excluding hydrogens is 362 g/mol. The lowest BCUT2D eigenvalue weighted by Gasteiger charge is -2.08. The highest BCUT2D eigenvalue weighted by Gasteiger charge is 2.21. The molecule has 0 amide bonds. The molecule has 0 fully saturated rings. The first kappa shape index (κ1) is 18.8. The molecule has 1 aromatic carbocycles. The van der Waals surface area contributed by atoms with Gasteiger partial charge in [0.25, 0.3) is 5.56 Å². The van der Waals surface area contributed by atoms with Gasteiger partial charge in [0.05, 0.1) is 11.5 Å². The van der Waals surface area contributed by atoms with E-state index in [9.17, 15) is 9.59 Å². The van der Waals surface area contributed by atoms with Crippen molar-refractivity contribution in [2.75, 3.05) is 0 Å². The van der Waals surface area contributed by atoms with Crippen LogP contribution in [0.4, 0.5) is 0 Å².